The number of carboxylic acids is 1. The fourth-order valence-electron chi connectivity index (χ4n) is 4.43. The van der Waals surface area contributed by atoms with E-state index in [1.807, 2.05) is 13.0 Å². The van der Waals surface area contributed by atoms with Gasteiger partial charge in [0.15, 0.2) is 11.1 Å². The molecule has 0 radical (unpaired) electrons. The Morgan fingerprint density at radius 1 is 1.05 bits per heavy atom. The summed E-state index contributed by atoms with van der Waals surface area (Å²) in [5.74, 6) is -0.845. The molecule has 22 heavy (non-hydrogen) atoms. The van der Waals surface area contributed by atoms with Crippen LogP contribution in [0.15, 0.2) is 12.1 Å². The number of fused-ring (bicyclic) bond motifs is 1. The highest BCUT2D eigenvalue weighted by Gasteiger charge is 2.59. The Labute approximate surface area is 133 Å². The van der Waals surface area contributed by atoms with Crippen molar-refractivity contribution in [2.24, 2.45) is 0 Å². The number of carbonyl (C=O) groups is 1. The zero-order valence-electron chi connectivity index (χ0n) is 14.5. The Kier molecular flexibility index (Phi) is 4.20. The molecule has 1 aromatic carbocycles. The van der Waals surface area contributed by atoms with Crippen molar-refractivity contribution in [2.75, 3.05) is 0 Å². The van der Waals surface area contributed by atoms with Gasteiger partial charge in [-0.05, 0) is 24.6 Å². The number of aryl methyl sites for hydroxylation is 1. The average Bonchev–Trinajstić information content (AvgIpc) is 2.71. The topological polar surface area (TPSA) is 40.3 Å². The molecular weight excluding hydrogens is 274 g/mol. The third kappa shape index (κ3) is 1.87. The van der Waals surface area contributed by atoms with E-state index >= 15 is 0 Å². The summed E-state index contributed by atoms with van der Waals surface area (Å²) in [7, 11) is 0. The van der Waals surface area contributed by atoms with Crippen LogP contribution in [0.1, 0.15) is 80.4 Å². The molecular formula is C19H28NO2+. The first kappa shape index (κ1) is 16.7. The predicted octanol–water partition coefficient (Wildman–Crippen LogP) is 4.45. The predicted molar refractivity (Wildman–Crippen MR) is 90.0 cm³/mol. The minimum atomic E-state index is -0.845. The molecule has 0 aromatic heterocycles. The third-order valence-electron chi connectivity index (χ3n) is 5.97. The molecule has 1 heterocycles. The van der Waals surface area contributed by atoms with Gasteiger partial charge in [0.25, 0.3) is 0 Å². The molecule has 0 saturated heterocycles. The van der Waals surface area contributed by atoms with Gasteiger partial charge in [-0.3, -0.25) is 0 Å². The van der Waals surface area contributed by atoms with Crippen LogP contribution in [-0.2, 0) is 11.1 Å². The number of benzene rings is 1. The summed E-state index contributed by atoms with van der Waals surface area (Å²) < 4.78 is 2.27. The Morgan fingerprint density at radius 2 is 1.45 bits per heavy atom. The van der Waals surface area contributed by atoms with E-state index in [-0.39, 0.29) is 11.1 Å². The number of carboxylic acid groups (broad SMARTS) is 1. The van der Waals surface area contributed by atoms with Crippen molar-refractivity contribution in [3.8, 4) is 0 Å². The van der Waals surface area contributed by atoms with Gasteiger partial charge in [-0.1, -0.05) is 27.7 Å². The first-order valence-electron chi connectivity index (χ1n) is 8.34. The lowest BCUT2D eigenvalue weighted by Gasteiger charge is -2.30. The van der Waals surface area contributed by atoms with Crippen molar-refractivity contribution in [3.05, 3.63) is 34.4 Å². The van der Waals surface area contributed by atoms with Crippen LogP contribution < -0.4 is 0 Å². The van der Waals surface area contributed by atoms with Gasteiger partial charge in [0.05, 0.1) is 5.56 Å². The summed E-state index contributed by atoms with van der Waals surface area (Å²) in [6, 6.07) is 4.00. The van der Waals surface area contributed by atoms with Crippen molar-refractivity contribution in [3.63, 3.8) is 0 Å². The zero-order chi connectivity index (χ0) is 16.7. The minimum Gasteiger partial charge on any atom is -0.478 e. The van der Waals surface area contributed by atoms with Crippen LogP contribution in [0.3, 0.4) is 0 Å². The van der Waals surface area contributed by atoms with Gasteiger partial charge >= 0.3 is 5.97 Å². The van der Waals surface area contributed by atoms with E-state index in [0.29, 0.717) is 5.56 Å². The summed E-state index contributed by atoms with van der Waals surface area (Å²) in [4.78, 5) is 11.6. The summed E-state index contributed by atoms with van der Waals surface area (Å²) in [6.45, 7) is 15.1. The van der Waals surface area contributed by atoms with E-state index in [4.69, 9.17) is 0 Å². The molecule has 0 saturated carbocycles. The number of nitrogens with zero attached hydrogens (tertiary/aromatic N) is 1. The number of rotatable bonds is 5. The van der Waals surface area contributed by atoms with Gasteiger partial charge in [-0.2, -0.15) is 0 Å². The molecule has 0 atom stereocenters. The smallest absolute Gasteiger partial charge is 0.335 e. The van der Waals surface area contributed by atoms with Crippen molar-refractivity contribution in [1.82, 2.24) is 0 Å². The van der Waals surface area contributed by atoms with Crippen LogP contribution in [0.4, 0.5) is 0 Å². The molecule has 120 valence electrons. The van der Waals surface area contributed by atoms with Crippen molar-refractivity contribution >= 4 is 12.7 Å². The molecule has 3 heteroatoms. The minimum absolute atomic E-state index is 0.0941. The van der Waals surface area contributed by atoms with Crippen molar-refractivity contribution < 1.29 is 14.5 Å². The molecule has 1 aromatic rings. The van der Waals surface area contributed by atoms with Gasteiger partial charge in [-0.15, -0.1) is 0 Å². The lowest BCUT2D eigenvalue weighted by atomic mass is 9.81. The maximum atomic E-state index is 11.6. The maximum absolute atomic E-state index is 11.6. The standard InChI is InChI=1S/C19H27NO2/c1-7-18(8-2)15-11-13(5)14(17(21)22)12-16(15)19(9-3,10-4)20(18)6/h11-12H,6-10H2,1-5H3/p+1. The Hall–Kier alpha value is -1.64. The summed E-state index contributed by atoms with van der Waals surface area (Å²) in [6.07, 6.45) is 3.83. The Morgan fingerprint density at radius 3 is 1.82 bits per heavy atom. The van der Waals surface area contributed by atoms with Crippen LogP contribution in [0, 0.1) is 6.92 Å². The largest absolute Gasteiger partial charge is 0.478 e. The zero-order valence-corrected chi connectivity index (χ0v) is 14.5. The molecule has 0 amide bonds. The van der Waals surface area contributed by atoms with Crippen LogP contribution in [0.2, 0.25) is 0 Å². The van der Waals surface area contributed by atoms with E-state index in [9.17, 15) is 9.90 Å². The second-order valence-electron chi connectivity index (χ2n) is 6.42. The summed E-state index contributed by atoms with van der Waals surface area (Å²) >= 11 is 0. The summed E-state index contributed by atoms with van der Waals surface area (Å²) in [5, 5.41) is 9.49. The monoisotopic (exact) mass is 302 g/mol. The highest BCUT2D eigenvalue weighted by Crippen LogP contribution is 2.53. The molecule has 2 rings (SSSR count). The molecule has 0 bridgehead atoms. The maximum Gasteiger partial charge on any atom is 0.335 e. The first-order chi connectivity index (χ1) is 10.3. The fourth-order valence-corrected chi connectivity index (χ4v) is 4.43. The van der Waals surface area contributed by atoms with Gasteiger partial charge in [-0.25, -0.2) is 9.37 Å². The lowest BCUT2D eigenvalue weighted by molar-refractivity contribution is -0.678. The fraction of sp³-hybridized carbons (Fsp3) is 0.579. The molecule has 0 fully saturated rings. The Balaban J connectivity index is 2.88. The lowest BCUT2D eigenvalue weighted by Crippen LogP contribution is -2.42. The first-order valence-corrected chi connectivity index (χ1v) is 8.34. The molecule has 1 aliphatic heterocycles. The number of hydrogen-bond donors (Lipinski definition) is 1. The highest BCUT2D eigenvalue weighted by atomic mass is 16.4. The van der Waals surface area contributed by atoms with Crippen LogP contribution in [0.25, 0.3) is 0 Å². The van der Waals surface area contributed by atoms with E-state index < -0.39 is 5.97 Å². The number of aromatic carboxylic acids is 1. The van der Waals surface area contributed by atoms with E-state index in [1.165, 1.54) is 11.1 Å². The van der Waals surface area contributed by atoms with E-state index in [1.54, 1.807) is 0 Å². The quantitative estimate of drug-likeness (QED) is 0.816. The van der Waals surface area contributed by atoms with Crippen LogP contribution in [-0.4, -0.2) is 22.4 Å². The highest BCUT2D eigenvalue weighted by molar-refractivity contribution is 5.90. The normalized spacial score (nSPS) is 18.3. The molecule has 3 nitrogen and oxygen atoms in total. The SMILES string of the molecule is C=[N+]1C(CC)(CC)c2cc(C)c(C(=O)O)cc2C1(CC)CC. The van der Waals surface area contributed by atoms with Gasteiger partial charge in [0.2, 0.25) is 0 Å². The van der Waals surface area contributed by atoms with E-state index in [0.717, 1.165) is 31.2 Å². The molecule has 0 spiro atoms. The number of hydrogen-bond acceptors (Lipinski definition) is 1. The van der Waals surface area contributed by atoms with Gasteiger partial charge in [0, 0.05) is 36.8 Å². The van der Waals surface area contributed by atoms with Crippen molar-refractivity contribution in [1.29, 1.82) is 0 Å². The van der Waals surface area contributed by atoms with Crippen LogP contribution in [0.5, 0.6) is 0 Å². The van der Waals surface area contributed by atoms with Gasteiger partial charge < -0.3 is 5.11 Å². The van der Waals surface area contributed by atoms with Crippen molar-refractivity contribution in [2.45, 2.75) is 71.4 Å². The molecule has 1 aliphatic rings. The molecule has 0 aliphatic carbocycles. The average molecular weight is 302 g/mol. The Bertz CT molecular complexity index is 623. The molecule has 1 N–H and O–H groups in total. The third-order valence-corrected chi connectivity index (χ3v) is 5.97. The molecule has 0 unspecified atom stereocenters. The van der Waals surface area contributed by atoms with Gasteiger partial charge in [0.1, 0.15) is 6.72 Å². The summed E-state index contributed by atoms with van der Waals surface area (Å²) in [5.41, 5.74) is 3.44. The van der Waals surface area contributed by atoms with Crippen LogP contribution >= 0.6 is 0 Å². The second kappa shape index (κ2) is 5.53. The second-order valence-corrected chi connectivity index (χ2v) is 6.42. The van der Waals surface area contributed by atoms with E-state index in [2.05, 4.69) is 45.1 Å².